The molecule has 4 rings (SSSR count). The van der Waals surface area contributed by atoms with Crippen LogP contribution in [0.25, 0.3) is 11.0 Å². The molecule has 1 aliphatic rings. The first-order chi connectivity index (χ1) is 13.7. The monoisotopic (exact) mass is 383 g/mol. The van der Waals surface area contributed by atoms with E-state index in [0.717, 1.165) is 22.3 Å². The molecule has 1 fully saturated rings. The molecule has 1 amide bonds. The van der Waals surface area contributed by atoms with Crippen molar-refractivity contribution in [2.45, 2.75) is 12.6 Å². The van der Waals surface area contributed by atoms with Crippen molar-refractivity contribution in [3.8, 4) is 5.75 Å². The lowest BCUT2D eigenvalue weighted by molar-refractivity contribution is -0.0310. The maximum Gasteiger partial charge on any atom is 0.254 e. The van der Waals surface area contributed by atoms with Gasteiger partial charge < -0.3 is 18.9 Å². The molecule has 7 heteroatoms. The van der Waals surface area contributed by atoms with Gasteiger partial charge in [0.15, 0.2) is 0 Å². The number of carbonyl (C=O) groups excluding carboxylic acids is 1. The van der Waals surface area contributed by atoms with Gasteiger partial charge in [0.1, 0.15) is 18.5 Å². The van der Waals surface area contributed by atoms with Gasteiger partial charge in [-0.2, -0.15) is 0 Å². The largest absolute Gasteiger partial charge is 0.496 e. The van der Waals surface area contributed by atoms with E-state index in [1.54, 1.807) is 30.5 Å². The van der Waals surface area contributed by atoms with Gasteiger partial charge in [-0.25, -0.2) is 9.37 Å². The molecule has 28 heavy (non-hydrogen) atoms. The Morgan fingerprint density at radius 3 is 3.00 bits per heavy atom. The predicted molar refractivity (Wildman–Crippen MR) is 103 cm³/mol. The summed E-state index contributed by atoms with van der Waals surface area (Å²) in [6, 6.07) is 13.3. The zero-order valence-corrected chi connectivity index (χ0v) is 15.7. The fourth-order valence-electron chi connectivity index (χ4n) is 3.52. The maximum atomic E-state index is 12.9. The Labute approximate surface area is 162 Å². The Bertz CT molecular complexity index is 988. The van der Waals surface area contributed by atoms with Crippen LogP contribution in [0.1, 0.15) is 15.9 Å². The van der Waals surface area contributed by atoms with Crippen LogP contribution in [0.5, 0.6) is 5.75 Å². The number of alkyl halides is 1. The van der Waals surface area contributed by atoms with E-state index in [1.165, 1.54) is 0 Å². The zero-order valence-electron chi connectivity index (χ0n) is 15.7. The minimum absolute atomic E-state index is 0.122. The number of benzene rings is 2. The van der Waals surface area contributed by atoms with E-state index < -0.39 is 12.8 Å². The summed E-state index contributed by atoms with van der Waals surface area (Å²) in [7, 11) is 1.65. The molecule has 1 unspecified atom stereocenters. The van der Waals surface area contributed by atoms with Gasteiger partial charge in [0.05, 0.1) is 37.6 Å². The van der Waals surface area contributed by atoms with Crippen molar-refractivity contribution < 1.29 is 18.7 Å². The highest BCUT2D eigenvalue weighted by Gasteiger charge is 2.25. The fourth-order valence-corrected chi connectivity index (χ4v) is 3.52. The summed E-state index contributed by atoms with van der Waals surface area (Å²) < 4.78 is 25.6. The quantitative estimate of drug-likeness (QED) is 0.680. The van der Waals surface area contributed by atoms with Gasteiger partial charge in [0.25, 0.3) is 5.91 Å². The number of ether oxygens (including phenoxy) is 2. The minimum Gasteiger partial charge on any atom is -0.496 e. The molecule has 146 valence electrons. The molecule has 0 spiro atoms. The summed E-state index contributed by atoms with van der Waals surface area (Å²) in [4.78, 5) is 18.9. The van der Waals surface area contributed by atoms with Gasteiger partial charge in [0, 0.05) is 24.2 Å². The number of nitrogens with zero attached hydrogens (tertiary/aromatic N) is 3. The molecule has 0 radical (unpaired) electrons. The van der Waals surface area contributed by atoms with Gasteiger partial charge in [-0.1, -0.05) is 18.2 Å². The van der Waals surface area contributed by atoms with Crippen LogP contribution in [0.4, 0.5) is 4.39 Å². The third kappa shape index (κ3) is 3.57. The smallest absolute Gasteiger partial charge is 0.254 e. The number of fused-ring (bicyclic) bond motifs is 1. The number of hydrogen-bond donors (Lipinski definition) is 0. The molecule has 2 heterocycles. The number of rotatable bonds is 5. The van der Waals surface area contributed by atoms with Gasteiger partial charge in [-0.15, -0.1) is 0 Å². The average Bonchev–Trinajstić information content (AvgIpc) is 3.15. The predicted octanol–water partition coefficient (Wildman–Crippen LogP) is 2.90. The first kappa shape index (κ1) is 18.4. The first-order valence-corrected chi connectivity index (χ1v) is 9.23. The second-order valence-corrected chi connectivity index (χ2v) is 6.79. The summed E-state index contributed by atoms with van der Waals surface area (Å²) in [5, 5.41) is 0. The molecular weight excluding hydrogens is 361 g/mol. The number of amides is 1. The summed E-state index contributed by atoms with van der Waals surface area (Å²) in [5.41, 5.74) is 3.28. The standard InChI is InChI=1S/C21H22FN3O3/c1-27-20-5-3-2-4-16(20)12-25-14-23-18-10-15(6-7-19(18)25)21(26)24-8-9-28-17(11-22)13-24/h2-7,10,14,17H,8-9,11-13H2,1H3. The van der Waals surface area contributed by atoms with Crippen LogP contribution in [-0.2, 0) is 11.3 Å². The van der Waals surface area contributed by atoms with Crippen LogP contribution >= 0.6 is 0 Å². The SMILES string of the molecule is COc1ccccc1Cn1cnc2cc(C(=O)N3CCOC(CF)C3)ccc21. The van der Waals surface area contributed by atoms with Crippen molar-refractivity contribution in [1.82, 2.24) is 14.5 Å². The van der Waals surface area contributed by atoms with E-state index >= 15 is 0 Å². The van der Waals surface area contributed by atoms with Crippen molar-refractivity contribution in [3.05, 3.63) is 59.9 Å². The molecule has 1 aromatic heterocycles. The average molecular weight is 383 g/mol. The van der Waals surface area contributed by atoms with Crippen molar-refractivity contribution in [3.63, 3.8) is 0 Å². The fraction of sp³-hybridized carbons (Fsp3) is 0.333. The lowest BCUT2D eigenvalue weighted by Crippen LogP contribution is -2.46. The lowest BCUT2D eigenvalue weighted by atomic mass is 10.1. The molecule has 0 aliphatic carbocycles. The second-order valence-electron chi connectivity index (χ2n) is 6.79. The summed E-state index contributed by atoms with van der Waals surface area (Å²) in [6.45, 7) is 1.13. The molecule has 0 saturated carbocycles. The number of halogens is 1. The van der Waals surface area contributed by atoms with E-state index in [4.69, 9.17) is 9.47 Å². The number of methoxy groups -OCH3 is 1. The van der Waals surface area contributed by atoms with Crippen LogP contribution in [0.15, 0.2) is 48.8 Å². The zero-order chi connectivity index (χ0) is 19.5. The van der Waals surface area contributed by atoms with Gasteiger partial charge in [0.2, 0.25) is 0 Å². The molecule has 1 saturated heterocycles. The third-order valence-electron chi connectivity index (χ3n) is 5.00. The molecule has 0 N–H and O–H groups in total. The normalized spacial score (nSPS) is 17.1. The maximum absolute atomic E-state index is 12.9. The number of carbonyl (C=O) groups is 1. The molecule has 0 bridgehead atoms. The molecule has 3 aromatic rings. The number of morpholine rings is 1. The molecule has 1 aliphatic heterocycles. The van der Waals surface area contributed by atoms with Crippen LogP contribution in [0, 0.1) is 0 Å². The lowest BCUT2D eigenvalue weighted by Gasteiger charge is -2.31. The van der Waals surface area contributed by atoms with Crippen molar-refractivity contribution in [1.29, 1.82) is 0 Å². The Kier molecular flexibility index (Phi) is 5.25. The van der Waals surface area contributed by atoms with E-state index in [-0.39, 0.29) is 12.5 Å². The van der Waals surface area contributed by atoms with Crippen molar-refractivity contribution in [2.75, 3.05) is 33.5 Å². The number of hydrogen-bond acceptors (Lipinski definition) is 4. The highest BCUT2D eigenvalue weighted by atomic mass is 19.1. The second kappa shape index (κ2) is 7.98. The Morgan fingerprint density at radius 1 is 1.32 bits per heavy atom. The number of imidazole rings is 1. The highest BCUT2D eigenvalue weighted by Crippen LogP contribution is 2.22. The molecule has 6 nitrogen and oxygen atoms in total. The molecular formula is C21H22FN3O3. The van der Waals surface area contributed by atoms with E-state index in [0.29, 0.717) is 25.3 Å². The molecule has 1 atom stereocenters. The van der Waals surface area contributed by atoms with Crippen LogP contribution < -0.4 is 4.74 Å². The Morgan fingerprint density at radius 2 is 2.18 bits per heavy atom. The van der Waals surface area contributed by atoms with Crippen molar-refractivity contribution in [2.24, 2.45) is 0 Å². The minimum atomic E-state index is -0.587. The first-order valence-electron chi connectivity index (χ1n) is 9.23. The van der Waals surface area contributed by atoms with Gasteiger partial charge in [-0.3, -0.25) is 4.79 Å². The van der Waals surface area contributed by atoms with Crippen LogP contribution in [0.2, 0.25) is 0 Å². The topological polar surface area (TPSA) is 56.6 Å². The number of aromatic nitrogens is 2. The summed E-state index contributed by atoms with van der Waals surface area (Å²) in [5.74, 6) is 0.703. The summed E-state index contributed by atoms with van der Waals surface area (Å²) in [6.07, 6.45) is 1.22. The highest BCUT2D eigenvalue weighted by molar-refractivity contribution is 5.97. The third-order valence-corrected chi connectivity index (χ3v) is 5.00. The molecule has 2 aromatic carbocycles. The van der Waals surface area contributed by atoms with Gasteiger partial charge in [-0.05, 0) is 24.3 Å². The summed E-state index contributed by atoms with van der Waals surface area (Å²) >= 11 is 0. The van der Waals surface area contributed by atoms with Crippen molar-refractivity contribution >= 4 is 16.9 Å². The van der Waals surface area contributed by atoms with Gasteiger partial charge >= 0.3 is 0 Å². The van der Waals surface area contributed by atoms with Crippen LogP contribution in [-0.4, -0.2) is 59.9 Å². The van der Waals surface area contributed by atoms with E-state index in [1.807, 2.05) is 34.9 Å². The Hall–Kier alpha value is -2.93. The number of para-hydroxylation sites is 1. The van der Waals surface area contributed by atoms with E-state index in [9.17, 15) is 9.18 Å². The van der Waals surface area contributed by atoms with E-state index in [2.05, 4.69) is 4.98 Å². The Balaban J connectivity index is 1.57. The van der Waals surface area contributed by atoms with Crippen LogP contribution in [0.3, 0.4) is 0 Å².